The summed E-state index contributed by atoms with van der Waals surface area (Å²) >= 11 is 1.78. The van der Waals surface area contributed by atoms with E-state index in [-0.39, 0.29) is 16.9 Å². The number of thioether (sulfide) groups is 1. The van der Waals surface area contributed by atoms with Gasteiger partial charge < -0.3 is 4.74 Å². The highest BCUT2D eigenvalue weighted by molar-refractivity contribution is 8.00. The summed E-state index contributed by atoms with van der Waals surface area (Å²) in [5.74, 6) is 0.979. The molecule has 1 saturated heterocycles. The smallest absolute Gasteiger partial charge is 0.252 e. The molecular weight excluding hydrogens is 222 g/mol. The highest BCUT2D eigenvalue weighted by Crippen LogP contribution is 2.45. The molecule has 1 fully saturated rings. The van der Waals surface area contributed by atoms with Crippen molar-refractivity contribution in [3.63, 3.8) is 0 Å². The molecule has 90 valence electrons. The molecule has 0 spiro atoms. The van der Waals surface area contributed by atoms with Crippen LogP contribution in [0, 0.1) is 0 Å². The quantitative estimate of drug-likeness (QED) is 0.652. The lowest BCUT2D eigenvalue weighted by Crippen LogP contribution is -2.47. The first kappa shape index (κ1) is 12.0. The van der Waals surface area contributed by atoms with Gasteiger partial charge in [-0.1, -0.05) is 6.08 Å². The molecular formula is C12H19NO2S. The average Bonchev–Trinajstić information content (AvgIpc) is 2.25. The summed E-state index contributed by atoms with van der Waals surface area (Å²) in [5, 5.41) is 0.101. The number of hydrogen-bond donors (Lipinski definition) is 0. The van der Waals surface area contributed by atoms with Crippen LogP contribution in [0.5, 0.6) is 0 Å². The van der Waals surface area contributed by atoms with Crippen LogP contribution in [0.4, 0.5) is 0 Å². The molecule has 3 nitrogen and oxygen atoms in total. The zero-order valence-corrected chi connectivity index (χ0v) is 11.4. The molecule has 0 N–H and O–H groups in total. The van der Waals surface area contributed by atoms with Crippen molar-refractivity contribution < 1.29 is 9.53 Å². The predicted molar refractivity (Wildman–Crippen MR) is 66.1 cm³/mol. The molecule has 1 atom stereocenters. The van der Waals surface area contributed by atoms with E-state index in [2.05, 4.69) is 13.8 Å². The second kappa shape index (κ2) is 3.50. The number of hydrogen-bond acceptors (Lipinski definition) is 3. The van der Waals surface area contributed by atoms with Gasteiger partial charge in [0, 0.05) is 11.3 Å². The number of carbonyl (C=O) groups excluding carboxylic acids is 1. The molecule has 0 bridgehead atoms. The third kappa shape index (κ3) is 1.68. The Labute approximate surface area is 101 Å². The molecule has 0 aliphatic carbocycles. The van der Waals surface area contributed by atoms with Crippen molar-refractivity contribution in [2.45, 2.75) is 51.3 Å². The third-order valence-electron chi connectivity index (χ3n) is 3.12. The van der Waals surface area contributed by atoms with Crippen LogP contribution in [0.2, 0.25) is 0 Å². The number of ether oxygens (including phenoxy) is 1. The fourth-order valence-corrected chi connectivity index (χ4v) is 3.98. The Morgan fingerprint density at radius 2 is 2.06 bits per heavy atom. The van der Waals surface area contributed by atoms with Crippen molar-refractivity contribution in [2.75, 3.05) is 5.75 Å². The van der Waals surface area contributed by atoms with Crippen LogP contribution in [0.1, 0.15) is 34.6 Å². The summed E-state index contributed by atoms with van der Waals surface area (Å²) in [4.78, 5) is 14.2. The maximum absolute atomic E-state index is 12.3. The van der Waals surface area contributed by atoms with Crippen LogP contribution in [-0.2, 0) is 9.53 Å². The first-order chi connectivity index (χ1) is 7.26. The first-order valence-electron chi connectivity index (χ1n) is 5.58. The van der Waals surface area contributed by atoms with E-state index in [1.165, 1.54) is 0 Å². The lowest BCUT2D eigenvalue weighted by molar-refractivity contribution is -0.145. The molecule has 2 rings (SSSR count). The Bertz CT molecular complexity index is 360. The molecule has 2 aliphatic heterocycles. The highest BCUT2D eigenvalue weighted by Gasteiger charge is 2.54. The van der Waals surface area contributed by atoms with Gasteiger partial charge >= 0.3 is 0 Å². The van der Waals surface area contributed by atoms with Crippen LogP contribution >= 0.6 is 11.8 Å². The first-order valence-corrected chi connectivity index (χ1v) is 6.63. The van der Waals surface area contributed by atoms with Gasteiger partial charge in [-0.05, 0) is 34.6 Å². The van der Waals surface area contributed by atoms with Crippen molar-refractivity contribution in [3.8, 4) is 0 Å². The summed E-state index contributed by atoms with van der Waals surface area (Å²) in [7, 11) is 0. The van der Waals surface area contributed by atoms with E-state index in [9.17, 15) is 4.79 Å². The normalized spacial score (nSPS) is 32.1. The summed E-state index contributed by atoms with van der Waals surface area (Å²) in [6, 6.07) is 0. The Kier molecular flexibility index (Phi) is 2.63. The zero-order chi connectivity index (χ0) is 12.1. The van der Waals surface area contributed by atoms with Crippen LogP contribution in [0.15, 0.2) is 11.6 Å². The van der Waals surface area contributed by atoms with Crippen LogP contribution in [0.3, 0.4) is 0 Å². The van der Waals surface area contributed by atoms with Gasteiger partial charge in [-0.2, -0.15) is 0 Å². The number of fused-ring (bicyclic) bond motifs is 1. The molecule has 0 aromatic carbocycles. The average molecular weight is 241 g/mol. The third-order valence-corrected chi connectivity index (χ3v) is 4.58. The van der Waals surface area contributed by atoms with Crippen LogP contribution < -0.4 is 0 Å². The van der Waals surface area contributed by atoms with E-state index < -0.39 is 5.72 Å². The topological polar surface area (TPSA) is 29.5 Å². The van der Waals surface area contributed by atoms with Gasteiger partial charge in [0.1, 0.15) is 11.1 Å². The Hall–Kier alpha value is -0.480. The summed E-state index contributed by atoms with van der Waals surface area (Å²) in [5.41, 5.74) is 0.0179. The van der Waals surface area contributed by atoms with Gasteiger partial charge in [0.15, 0.2) is 0 Å². The fourth-order valence-electron chi connectivity index (χ4n) is 2.50. The largest absolute Gasteiger partial charge is 0.347 e. The molecule has 0 saturated carbocycles. The van der Waals surface area contributed by atoms with E-state index in [0.717, 1.165) is 11.3 Å². The SMILES string of the molecule is CC1=CCSC2N(C1=O)C(C)(C)OC2(C)C. The molecule has 1 amide bonds. The zero-order valence-electron chi connectivity index (χ0n) is 10.5. The van der Waals surface area contributed by atoms with E-state index in [1.807, 2.05) is 31.7 Å². The lowest BCUT2D eigenvalue weighted by atomic mass is 10.1. The number of carbonyl (C=O) groups is 1. The number of nitrogens with zero attached hydrogens (tertiary/aromatic N) is 1. The van der Waals surface area contributed by atoms with Crippen LogP contribution in [-0.4, -0.2) is 33.3 Å². The Balaban J connectivity index is 2.43. The minimum atomic E-state index is -0.516. The summed E-state index contributed by atoms with van der Waals surface area (Å²) < 4.78 is 6.01. The molecule has 16 heavy (non-hydrogen) atoms. The Morgan fingerprint density at radius 1 is 1.44 bits per heavy atom. The molecule has 4 heteroatoms. The lowest BCUT2D eigenvalue weighted by Gasteiger charge is -2.32. The molecule has 0 aromatic rings. The van der Waals surface area contributed by atoms with Crippen molar-refractivity contribution in [1.82, 2.24) is 4.90 Å². The van der Waals surface area contributed by atoms with Crippen molar-refractivity contribution in [1.29, 1.82) is 0 Å². The number of amides is 1. The highest BCUT2D eigenvalue weighted by atomic mass is 32.2. The molecule has 0 radical (unpaired) electrons. The standard InChI is InChI=1S/C12H19NO2S/c1-8-6-7-16-10-11(2,3)15-12(4,5)13(10)9(8)14/h6,10H,7H2,1-5H3. The maximum Gasteiger partial charge on any atom is 0.252 e. The molecule has 2 heterocycles. The van der Waals surface area contributed by atoms with E-state index in [0.29, 0.717) is 0 Å². The van der Waals surface area contributed by atoms with Gasteiger partial charge in [0.25, 0.3) is 5.91 Å². The van der Waals surface area contributed by atoms with Gasteiger partial charge in [0.2, 0.25) is 0 Å². The van der Waals surface area contributed by atoms with E-state index in [4.69, 9.17) is 4.74 Å². The van der Waals surface area contributed by atoms with Gasteiger partial charge in [-0.15, -0.1) is 11.8 Å². The molecule has 0 aromatic heterocycles. The summed E-state index contributed by atoms with van der Waals surface area (Å²) in [6.45, 7) is 9.92. The summed E-state index contributed by atoms with van der Waals surface area (Å²) in [6.07, 6.45) is 2.01. The van der Waals surface area contributed by atoms with Gasteiger partial charge in [0.05, 0.1) is 5.60 Å². The van der Waals surface area contributed by atoms with Crippen molar-refractivity contribution >= 4 is 17.7 Å². The fraction of sp³-hybridized carbons (Fsp3) is 0.750. The van der Waals surface area contributed by atoms with Crippen LogP contribution in [0.25, 0.3) is 0 Å². The minimum absolute atomic E-state index is 0.101. The molecule has 1 unspecified atom stereocenters. The Morgan fingerprint density at radius 3 is 2.69 bits per heavy atom. The number of rotatable bonds is 0. The van der Waals surface area contributed by atoms with E-state index in [1.54, 1.807) is 11.8 Å². The second-order valence-electron chi connectivity index (χ2n) is 5.40. The second-order valence-corrected chi connectivity index (χ2v) is 6.51. The molecule has 2 aliphatic rings. The van der Waals surface area contributed by atoms with Crippen molar-refractivity contribution in [3.05, 3.63) is 11.6 Å². The monoisotopic (exact) mass is 241 g/mol. The van der Waals surface area contributed by atoms with Gasteiger partial charge in [-0.25, -0.2) is 0 Å². The predicted octanol–water partition coefficient (Wildman–Crippen LogP) is 2.38. The van der Waals surface area contributed by atoms with E-state index >= 15 is 0 Å². The van der Waals surface area contributed by atoms with Crippen molar-refractivity contribution in [2.24, 2.45) is 0 Å². The minimum Gasteiger partial charge on any atom is -0.347 e. The maximum atomic E-state index is 12.3. The van der Waals surface area contributed by atoms with Gasteiger partial charge in [-0.3, -0.25) is 9.69 Å².